The van der Waals surface area contributed by atoms with Crippen LogP contribution in [0.5, 0.6) is 0 Å². The van der Waals surface area contributed by atoms with Crippen LogP contribution < -0.4 is 5.32 Å². The first-order valence-electron chi connectivity index (χ1n) is 8.09. The number of aromatic nitrogens is 1. The molecule has 0 saturated heterocycles. The molecule has 122 valence electrons. The molecule has 1 aliphatic heterocycles. The summed E-state index contributed by atoms with van der Waals surface area (Å²) in [4.78, 5) is 6.11. The van der Waals surface area contributed by atoms with Crippen LogP contribution in [0.4, 0.5) is 5.13 Å². The van der Waals surface area contributed by atoms with Crippen LogP contribution in [0.1, 0.15) is 37.4 Å². The highest BCUT2D eigenvalue weighted by molar-refractivity contribution is 8.01. The molecule has 0 fully saturated rings. The van der Waals surface area contributed by atoms with Gasteiger partial charge in [-0.1, -0.05) is 68.9 Å². The SMILES string of the molecule is CC(C)(C)c1csc(NC2Sc3ccc(-c4ccccc4)cc32)n1. The summed E-state index contributed by atoms with van der Waals surface area (Å²) >= 11 is 3.56. The molecule has 1 aromatic heterocycles. The largest absolute Gasteiger partial charge is 0.345 e. The molecule has 1 N–H and O–H groups in total. The van der Waals surface area contributed by atoms with Gasteiger partial charge in [-0.25, -0.2) is 4.98 Å². The van der Waals surface area contributed by atoms with E-state index >= 15 is 0 Å². The molecule has 2 aromatic carbocycles. The first kappa shape index (κ1) is 15.7. The van der Waals surface area contributed by atoms with Gasteiger partial charge < -0.3 is 5.32 Å². The fourth-order valence-corrected chi connectivity index (χ4v) is 4.77. The molecule has 4 rings (SSSR count). The summed E-state index contributed by atoms with van der Waals surface area (Å²) in [6.07, 6.45) is 0. The third-order valence-electron chi connectivity index (χ3n) is 4.17. The highest BCUT2D eigenvalue weighted by atomic mass is 32.2. The van der Waals surface area contributed by atoms with Crippen LogP contribution in [-0.2, 0) is 5.41 Å². The highest BCUT2D eigenvalue weighted by Gasteiger charge is 2.28. The van der Waals surface area contributed by atoms with E-state index in [9.17, 15) is 0 Å². The summed E-state index contributed by atoms with van der Waals surface area (Å²) in [5.74, 6) is 0. The quantitative estimate of drug-likeness (QED) is 0.596. The van der Waals surface area contributed by atoms with Gasteiger partial charge in [0.25, 0.3) is 0 Å². The lowest BCUT2D eigenvalue weighted by Crippen LogP contribution is -2.16. The standard InChI is InChI=1S/C20H20N2S2/c1-20(2,3)17-12-23-19(21-17)22-18-15-11-14(9-10-16(15)24-18)13-7-5-4-6-8-13/h4-12,18H,1-3H3,(H,21,22). The van der Waals surface area contributed by atoms with Gasteiger partial charge >= 0.3 is 0 Å². The zero-order valence-electron chi connectivity index (χ0n) is 14.0. The molecule has 1 atom stereocenters. The second-order valence-electron chi connectivity index (χ2n) is 7.05. The molecule has 0 spiro atoms. The van der Waals surface area contributed by atoms with Crippen molar-refractivity contribution in [1.82, 2.24) is 4.98 Å². The van der Waals surface area contributed by atoms with Crippen molar-refractivity contribution in [3.05, 3.63) is 65.2 Å². The molecular formula is C20H20N2S2. The lowest BCUT2D eigenvalue weighted by molar-refractivity contribution is 0.573. The molecule has 0 amide bonds. The zero-order valence-corrected chi connectivity index (χ0v) is 15.7. The zero-order chi connectivity index (χ0) is 16.7. The number of nitrogens with one attached hydrogen (secondary N) is 1. The predicted octanol–water partition coefficient (Wildman–Crippen LogP) is 6.32. The lowest BCUT2D eigenvalue weighted by atomic mass is 9.93. The molecule has 24 heavy (non-hydrogen) atoms. The number of thioether (sulfide) groups is 1. The molecule has 2 heterocycles. The van der Waals surface area contributed by atoms with Crippen LogP contribution in [0.3, 0.4) is 0 Å². The van der Waals surface area contributed by atoms with E-state index in [-0.39, 0.29) is 5.41 Å². The Balaban J connectivity index is 1.55. The van der Waals surface area contributed by atoms with Crippen LogP contribution in [0, 0.1) is 0 Å². The number of hydrogen-bond donors (Lipinski definition) is 1. The van der Waals surface area contributed by atoms with Gasteiger partial charge in [0.15, 0.2) is 5.13 Å². The average molecular weight is 353 g/mol. The minimum absolute atomic E-state index is 0.0988. The van der Waals surface area contributed by atoms with Gasteiger partial charge in [-0.3, -0.25) is 0 Å². The van der Waals surface area contributed by atoms with Crippen LogP contribution in [0.25, 0.3) is 11.1 Å². The van der Waals surface area contributed by atoms with E-state index in [1.54, 1.807) is 11.3 Å². The molecule has 4 heteroatoms. The molecular weight excluding hydrogens is 332 g/mol. The van der Waals surface area contributed by atoms with Crippen molar-refractivity contribution in [3.63, 3.8) is 0 Å². The Hall–Kier alpha value is -1.78. The molecule has 0 saturated carbocycles. The van der Waals surface area contributed by atoms with Crippen molar-refractivity contribution in [1.29, 1.82) is 0 Å². The summed E-state index contributed by atoms with van der Waals surface area (Å²) in [7, 11) is 0. The number of benzene rings is 2. The van der Waals surface area contributed by atoms with Gasteiger partial charge in [0.1, 0.15) is 5.37 Å². The first-order chi connectivity index (χ1) is 11.5. The fourth-order valence-electron chi connectivity index (χ4n) is 2.71. The van der Waals surface area contributed by atoms with Crippen molar-refractivity contribution < 1.29 is 0 Å². The minimum Gasteiger partial charge on any atom is -0.345 e. The van der Waals surface area contributed by atoms with E-state index in [2.05, 4.69) is 80.0 Å². The molecule has 0 radical (unpaired) electrons. The van der Waals surface area contributed by atoms with Crippen molar-refractivity contribution >= 4 is 28.2 Å². The molecule has 0 aliphatic carbocycles. The Bertz CT molecular complexity index is 863. The molecule has 3 aromatic rings. The number of hydrogen-bond acceptors (Lipinski definition) is 4. The van der Waals surface area contributed by atoms with Gasteiger partial charge in [0, 0.05) is 15.7 Å². The van der Waals surface area contributed by atoms with Crippen molar-refractivity contribution in [2.45, 2.75) is 36.5 Å². The Morgan fingerprint density at radius 2 is 1.79 bits per heavy atom. The third kappa shape index (κ3) is 2.96. The minimum atomic E-state index is 0.0988. The first-order valence-corrected chi connectivity index (χ1v) is 9.85. The summed E-state index contributed by atoms with van der Waals surface area (Å²) in [5, 5.41) is 7.04. The number of thiazole rings is 1. The van der Waals surface area contributed by atoms with E-state index in [1.165, 1.54) is 21.6 Å². The van der Waals surface area contributed by atoms with Crippen LogP contribution in [-0.4, -0.2) is 4.98 Å². The van der Waals surface area contributed by atoms with Crippen molar-refractivity contribution in [2.24, 2.45) is 0 Å². The van der Waals surface area contributed by atoms with Gasteiger partial charge in [0.2, 0.25) is 0 Å². The van der Waals surface area contributed by atoms with Crippen LogP contribution >= 0.6 is 23.1 Å². The maximum atomic E-state index is 4.75. The second-order valence-corrected chi connectivity index (χ2v) is 9.05. The Morgan fingerprint density at radius 3 is 2.50 bits per heavy atom. The van der Waals surface area contributed by atoms with E-state index in [0.29, 0.717) is 5.37 Å². The fraction of sp³-hybridized carbons (Fsp3) is 0.250. The molecule has 0 bridgehead atoms. The van der Waals surface area contributed by atoms with Gasteiger partial charge in [0.05, 0.1) is 5.69 Å². The second kappa shape index (κ2) is 5.94. The van der Waals surface area contributed by atoms with E-state index in [1.807, 2.05) is 11.8 Å². The number of anilines is 1. The molecule has 1 unspecified atom stereocenters. The molecule has 1 aliphatic rings. The maximum Gasteiger partial charge on any atom is 0.184 e. The summed E-state index contributed by atoms with van der Waals surface area (Å²) < 4.78 is 0. The average Bonchev–Trinajstić information content (AvgIpc) is 3.02. The summed E-state index contributed by atoms with van der Waals surface area (Å²) in [5.41, 5.74) is 5.16. The Kier molecular flexibility index (Phi) is 3.89. The number of nitrogens with zero attached hydrogens (tertiary/aromatic N) is 1. The monoisotopic (exact) mass is 352 g/mol. The number of rotatable bonds is 3. The van der Waals surface area contributed by atoms with Crippen molar-refractivity contribution in [2.75, 3.05) is 5.32 Å². The van der Waals surface area contributed by atoms with E-state index < -0.39 is 0 Å². The van der Waals surface area contributed by atoms with Crippen LogP contribution in [0.15, 0.2) is 58.8 Å². The maximum absolute atomic E-state index is 4.75. The smallest absolute Gasteiger partial charge is 0.184 e. The van der Waals surface area contributed by atoms with E-state index in [4.69, 9.17) is 4.98 Å². The summed E-state index contributed by atoms with van der Waals surface area (Å²) in [6.45, 7) is 6.60. The van der Waals surface area contributed by atoms with Crippen molar-refractivity contribution in [3.8, 4) is 11.1 Å². The van der Waals surface area contributed by atoms with Gasteiger partial charge in [-0.05, 0) is 28.8 Å². The topological polar surface area (TPSA) is 24.9 Å². The highest BCUT2D eigenvalue weighted by Crippen LogP contribution is 2.51. The molecule has 2 nitrogen and oxygen atoms in total. The number of fused-ring (bicyclic) bond motifs is 1. The Morgan fingerprint density at radius 1 is 1.00 bits per heavy atom. The normalized spacial score (nSPS) is 16.4. The Labute approximate surface area is 151 Å². The lowest BCUT2D eigenvalue weighted by Gasteiger charge is -2.30. The predicted molar refractivity (Wildman–Crippen MR) is 105 cm³/mol. The van der Waals surface area contributed by atoms with E-state index in [0.717, 1.165) is 10.8 Å². The van der Waals surface area contributed by atoms with Gasteiger partial charge in [-0.2, -0.15) is 0 Å². The third-order valence-corrected chi connectivity index (χ3v) is 6.18. The van der Waals surface area contributed by atoms with Gasteiger partial charge in [-0.15, -0.1) is 11.3 Å². The van der Waals surface area contributed by atoms with Crippen LogP contribution in [0.2, 0.25) is 0 Å². The summed E-state index contributed by atoms with van der Waals surface area (Å²) in [6, 6.07) is 17.3.